The van der Waals surface area contributed by atoms with Crippen molar-refractivity contribution in [2.75, 3.05) is 105 Å². The first-order valence-corrected chi connectivity index (χ1v) is 31.7. The normalized spacial score (nSPS) is 17.5. The first kappa shape index (κ1) is 60.3. The molecule has 16 rings (SSSR count). The smallest absolute Gasteiger partial charge is 0.139 e. The van der Waals surface area contributed by atoms with Gasteiger partial charge in [0.05, 0.1) is 35.0 Å². The number of hydrogen-bond acceptors (Lipinski definition) is 11. The van der Waals surface area contributed by atoms with Crippen molar-refractivity contribution >= 4 is 51.0 Å². The molecule has 0 spiro atoms. The standard InChI is InChI=1S/C20H23FN4.C19H21N3O.C18H19N3O.C17H16FN3/c1-23(2)17-5-3-15(4-6-17)19-14-25-12-9-18(13-20(25)22-19)24-10-7-16(21)8-11-24;1-14-4-3-5-15(10-14)18-13-22-8-6-16(11-19(22)20-18)21-9-7-17(12-21)23-2;1-22-16-8-10-20(12-16)15-7-9-21-13-17(19-18(21)11-15)14-5-3-2-4-6-14;18-14-6-8-20(11-14)15-7-9-21-12-16(19-17(21)10-15)13-4-2-1-3-5-13/h3-6,9,12-14,16H,7-8,10-11H2,1-2H3;3-6,8,10-11,13,17H,7,9,12H2,1-2H3;2-7,9,11,13,16H,8,10,12H2,1H3;1-5,7,9-10,12,14H,6,8,11H2/t;17-;16-;14-/m.011/s1. The molecule has 3 atom stereocenters. The van der Waals surface area contributed by atoms with Crippen LogP contribution in [0.2, 0.25) is 0 Å². The van der Waals surface area contributed by atoms with Crippen LogP contribution in [0.1, 0.15) is 37.7 Å². The van der Waals surface area contributed by atoms with E-state index in [-0.39, 0.29) is 0 Å². The van der Waals surface area contributed by atoms with Crippen molar-refractivity contribution in [3.8, 4) is 45.0 Å². The Balaban J connectivity index is 0.000000111. The van der Waals surface area contributed by atoms with Crippen LogP contribution in [-0.2, 0) is 9.47 Å². The van der Waals surface area contributed by atoms with Crippen molar-refractivity contribution in [2.45, 2.75) is 63.6 Å². The van der Waals surface area contributed by atoms with E-state index in [2.05, 4.69) is 185 Å². The molecule has 17 heteroatoms. The Morgan fingerprint density at radius 2 is 0.747 bits per heavy atom. The third-order valence-corrected chi connectivity index (χ3v) is 17.9. The van der Waals surface area contributed by atoms with Crippen LogP contribution >= 0.6 is 0 Å². The van der Waals surface area contributed by atoms with Crippen molar-refractivity contribution in [1.29, 1.82) is 0 Å². The van der Waals surface area contributed by atoms with Crippen molar-refractivity contribution < 1.29 is 18.3 Å². The number of halogens is 2. The summed E-state index contributed by atoms with van der Waals surface area (Å²) in [6.45, 7) is 8.93. The van der Waals surface area contributed by atoms with Crippen LogP contribution in [-0.4, -0.2) is 143 Å². The number of aryl methyl sites for hydroxylation is 1. The third kappa shape index (κ3) is 14.1. The van der Waals surface area contributed by atoms with Crippen LogP contribution in [0.3, 0.4) is 0 Å². The van der Waals surface area contributed by atoms with Crippen molar-refractivity contribution in [2.24, 2.45) is 0 Å². The van der Waals surface area contributed by atoms with Crippen LogP contribution in [0.4, 0.5) is 37.2 Å². The second kappa shape index (κ2) is 27.3. The summed E-state index contributed by atoms with van der Waals surface area (Å²) in [6.07, 6.45) is 19.8. The van der Waals surface area contributed by atoms with E-state index >= 15 is 0 Å². The Kier molecular flexibility index (Phi) is 18.1. The van der Waals surface area contributed by atoms with Gasteiger partial charge in [-0.1, -0.05) is 96.6 Å². The molecular weight excluding hydrogens is 1140 g/mol. The highest BCUT2D eigenvalue weighted by atomic mass is 19.1. The SMILES string of the molecule is CN(C)c1ccc(-c2cn3ccc(N4CCC(F)CC4)cc3n2)cc1.CO[C@@H]1CCN(c2ccn3cc(-c4ccccc4)nc3c2)C1.CO[C@H]1CCN(c2ccn3cc(-c4cccc(C)c4)nc3c2)C1.F[C@@H]1CCN(c2ccn3cc(-c4ccccc4)nc3c2)C1. The second-order valence-corrected chi connectivity index (χ2v) is 24.3. The lowest BCUT2D eigenvalue weighted by Gasteiger charge is -2.30. The van der Waals surface area contributed by atoms with Gasteiger partial charge in [0.1, 0.15) is 34.9 Å². The predicted octanol–water partition coefficient (Wildman–Crippen LogP) is 14.3. The van der Waals surface area contributed by atoms with E-state index in [9.17, 15) is 8.78 Å². The Hall–Kier alpha value is -9.58. The number of methoxy groups -OCH3 is 2. The summed E-state index contributed by atoms with van der Waals surface area (Å²) in [5.41, 5.74) is 19.3. The number of ether oxygens (including phenoxy) is 2. The molecule has 4 aliphatic heterocycles. The molecule has 0 unspecified atom stereocenters. The number of nitrogens with zero attached hydrogens (tertiary/aromatic N) is 13. The maximum Gasteiger partial charge on any atom is 0.139 e. The van der Waals surface area contributed by atoms with Gasteiger partial charge in [0.25, 0.3) is 0 Å². The first-order valence-electron chi connectivity index (χ1n) is 31.7. The molecule has 12 aromatic rings. The number of alkyl halides is 2. The fourth-order valence-electron chi connectivity index (χ4n) is 12.5. The minimum atomic E-state index is -0.708. The van der Waals surface area contributed by atoms with Gasteiger partial charge < -0.3 is 51.6 Å². The molecular formula is C74H79F2N13O2. The lowest BCUT2D eigenvalue weighted by molar-refractivity contribution is 0.121. The zero-order chi connectivity index (χ0) is 62.4. The first-order chi connectivity index (χ1) is 44.4. The Labute approximate surface area is 531 Å². The van der Waals surface area contributed by atoms with Crippen LogP contribution in [0, 0.1) is 6.92 Å². The zero-order valence-electron chi connectivity index (χ0n) is 52.5. The quantitative estimate of drug-likeness (QED) is 0.124. The molecule has 0 radical (unpaired) electrons. The predicted molar refractivity (Wildman–Crippen MR) is 365 cm³/mol. The summed E-state index contributed by atoms with van der Waals surface area (Å²) in [4.78, 5) is 30.2. The molecule has 0 N–H and O–H groups in total. The van der Waals surface area contributed by atoms with Crippen LogP contribution < -0.4 is 24.5 Å². The highest BCUT2D eigenvalue weighted by molar-refractivity contribution is 5.70. The minimum absolute atomic E-state index is 0.342. The fourth-order valence-corrected chi connectivity index (χ4v) is 12.5. The number of aromatic nitrogens is 8. The molecule has 4 aliphatic rings. The van der Waals surface area contributed by atoms with Gasteiger partial charge >= 0.3 is 0 Å². The van der Waals surface area contributed by atoms with Crippen molar-refractivity contribution in [1.82, 2.24) is 37.5 Å². The zero-order valence-corrected chi connectivity index (χ0v) is 52.5. The summed E-state index contributed by atoms with van der Waals surface area (Å²) in [7, 11) is 7.65. The molecule has 0 saturated carbocycles. The summed E-state index contributed by atoms with van der Waals surface area (Å²) in [5.74, 6) is 0. The third-order valence-electron chi connectivity index (χ3n) is 17.9. The molecule has 8 aromatic heterocycles. The summed E-state index contributed by atoms with van der Waals surface area (Å²) < 4.78 is 45.8. The molecule has 15 nitrogen and oxygen atoms in total. The number of fused-ring (bicyclic) bond motifs is 4. The molecule has 4 fully saturated rings. The van der Waals surface area contributed by atoms with E-state index in [4.69, 9.17) is 24.4 Å². The lowest BCUT2D eigenvalue weighted by atomic mass is 10.1. The van der Waals surface area contributed by atoms with Gasteiger partial charge in [0, 0.05) is 205 Å². The number of imidazole rings is 4. The summed E-state index contributed by atoms with van der Waals surface area (Å²) in [5, 5.41) is 0. The molecule has 4 aromatic carbocycles. The molecule has 466 valence electrons. The van der Waals surface area contributed by atoms with E-state index < -0.39 is 12.3 Å². The molecule has 0 amide bonds. The van der Waals surface area contributed by atoms with Crippen LogP contribution in [0.15, 0.2) is 207 Å². The highest BCUT2D eigenvalue weighted by Crippen LogP contribution is 2.31. The van der Waals surface area contributed by atoms with E-state index in [1.807, 2.05) is 90.0 Å². The van der Waals surface area contributed by atoms with Crippen LogP contribution in [0.25, 0.3) is 67.6 Å². The van der Waals surface area contributed by atoms with Gasteiger partial charge in [-0.2, -0.15) is 0 Å². The highest BCUT2D eigenvalue weighted by Gasteiger charge is 2.26. The number of piperidine rings is 1. The monoisotopic (exact) mass is 1220 g/mol. The number of rotatable bonds is 11. The fraction of sp³-hybridized carbons (Fsp3) is 0.297. The van der Waals surface area contributed by atoms with E-state index in [0.717, 1.165) is 138 Å². The Morgan fingerprint density at radius 1 is 0.385 bits per heavy atom. The van der Waals surface area contributed by atoms with Gasteiger partial charge in [-0.25, -0.2) is 28.7 Å². The van der Waals surface area contributed by atoms with Crippen molar-refractivity contribution in [3.63, 3.8) is 0 Å². The Morgan fingerprint density at radius 3 is 1.13 bits per heavy atom. The largest absolute Gasteiger partial charge is 0.380 e. The maximum atomic E-state index is 13.3. The van der Waals surface area contributed by atoms with E-state index in [1.54, 1.807) is 14.2 Å². The average Bonchev–Trinajstić information content (AvgIpc) is 2.02. The second-order valence-electron chi connectivity index (χ2n) is 24.3. The number of benzene rings is 4. The van der Waals surface area contributed by atoms with Gasteiger partial charge in [-0.05, 0) is 81.5 Å². The van der Waals surface area contributed by atoms with E-state index in [0.29, 0.717) is 38.0 Å². The molecule has 91 heavy (non-hydrogen) atoms. The summed E-state index contributed by atoms with van der Waals surface area (Å²) >= 11 is 0. The van der Waals surface area contributed by atoms with E-state index in [1.165, 1.54) is 22.6 Å². The van der Waals surface area contributed by atoms with Gasteiger partial charge in [0.15, 0.2) is 0 Å². The lowest BCUT2D eigenvalue weighted by Crippen LogP contribution is -2.34. The Bertz CT molecular complexity index is 4370. The number of pyridine rings is 4. The number of hydrogen-bond donors (Lipinski definition) is 0. The summed E-state index contributed by atoms with van der Waals surface area (Å²) in [6, 6.07) is 54.2. The van der Waals surface area contributed by atoms with Gasteiger partial charge in [-0.15, -0.1) is 0 Å². The average molecular weight is 1220 g/mol. The molecule has 0 bridgehead atoms. The topological polar surface area (TPSA) is 104 Å². The molecule has 12 heterocycles. The van der Waals surface area contributed by atoms with Crippen LogP contribution in [0.5, 0.6) is 0 Å². The van der Waals surface area contributed by atoms with Gasteiger partial charge in [0.2, 0.25) is 0 Å². The minimum Gasteiger partial charge on any atom is -0.380 e. The molecule has 4 saturated heterocycles. The number of anilines is 5. The van der Waals surface area contributed by atoms with Crippen molar-refractivity contribution in [3.05, 3.63) is 213 Å². The maximum absolute atomic E-state index is 13.3. The molecule has 0 aliphatic carbocycles. The van der Waals surface area contributed by atoms with Gasteiger partial charge in [-0.3, -0.25) is 0 Å².